The topological polar surface area (TPSA) is 53.0 Å². The Morgan fingerprint density at radius 3 is 2.48 bits per heavy atom. The van der Waals surface area contributed by atoms with Gasteiger partial charge in [-0.3, -0.25) is 9.69 Å². The number of hydrogen-bond acceptors (Lipinski definition) is 4. The van der Waals surface area contributed by atoms with Crippen molar-refractivity contribution in [3.63, 3.8) is 0 Å². The zero-order valence-corrected chi connectivity index (χ0v) is 27.1. The fourth-order valence-corrected chi connectivity index (χ4v) is 7.58. The molecule has 1 saturated heterocycles. The van der Waals surface area contributed by atoms with E-state index in [0.717, 1.165) is 68.2 Å². The Hall–Kier alpha value is -1.99. The van der Waals surface area contributed by atoms with Crippen LogP contribution in [0.1, 0.15) is 112 Å². The first-order valence-corrected chi connectivity index (χ1v) is 16.1. The molecule has 7 heteroatoms. The predicted octanol–water partition coefficient (Wildman–Crippen LogP) is 8.34. The summed E-state index contributed by atoms with van der Waals surface area (Å²) < 4.78 is 20.7. The normalized spacial score (nSPS) is 23.3. The number of carbonyl (C=O) groups is 1. The standard InChI is InChI=1S/C35H50ClFN2O3/c1-23-9-7-11-31(32(23)24-12-14-30(15-13-24)42-35(2,3)4)33(34(40)41)39(6)18-16-25(21-29-10-8-17-38(29)5)26-19-27(36)22-28(37)20-26/h7,9,11,19-20,22,24-25,29-30,33H,8,10,12-18,21H2,1-6H3,(H,40,41)/t24?,25-,29+,30?,33-/m1/s1. The zero-order chi connectivity index (χ0) is 30.6. The van der Waals surface area contributed by atoms with E-state index in [1.165, 1.54) is 18.1 Å². The first-order valence-electron chi connectivity index (χ1n) is 15.7. The Morgan fingerprint density at radius 1 is 1.17 bits per heavy atom. The SMILES string of the molecule is Cc1cccc([C@H](C(=O)O)N(C)CC[C@H](C[C@@H]2CCCN2C)c2cc(F)cc(Cl)c2)c1C1CCC(OC(C)(C)C)CC1. The Balaban J connectivity index is 1.54. The van der Waals surface area contributed by atoms with Gasteiger partial charge in [0.2, 0.25) is 0 Å². The van der Waals surface area contributed by atoms with Gasteiger partial charge in [-0.1, -0.05) is 29.8 Å². The summed E-state index contributed by atoms with van der Waals surface area (Å²) in [6.07, 6.45) is 8.11. The number of likely N-dealkylation sites (N-methyl/N-ethyl adjacent to an activating group) is 1. The molecular formula is C35H50ClFN2O3. The second kappa shape index (κ2) is 14.2. The summed E-state index contributed by atoms with van der Waals surface area (Å²) in [6.45, 7) is 10.1. The maximum Gasteiger partial charge on any atom is 0.325 e. The van der Waals surface area contributed by atoms with Crippen LogP contribution in [0.5, 0.6) is 0 Å². The third kappa shape index (κ3) is 8.56. The highest BCUT2D eigenvalue weighted by atomic mass is 35.5. The van der Waals surface area contributed by atoms with Crippen LogP contribution in [0.4, 0.5) is 4.39 Å². The summed E-state index contributed by atoms with van der Waals surface area (Å²) in [6, 6.07) is 10.6. The van der Waals surface area contributed by atoms with Gasteiger partial charge in [-0.05, 0) is 159 Å². The molecule has 2 aromatic rings. The second-order valence-corrected chi connectivity index (χ2v) is 14.1. The van der Waals surface area contributed by atoms with Crippen molar-refractivity contribution in [3.05, 3.63) is 69.5 Å². The molecule has 4 rings (SSSR count). The first-order chi connectivity index (χ1) is 19.8. The lowest BCUT2D eigenvalue weighted by atomic mass is 9.77. The minimum Gasteiger partial charge on any atom is -0.480 e. The zero-order valence-electron chi connectivity index (χ0n) is 26.3. The Labute approximate surface area is 257 Å². The number of carboxylic acid groups (broad SMARTS) is 1. The molecular weight excluding hydrogens is 551 g/mol. The van der Waals surface area contributed by atoms with E-state index in [-0.39, 0.29) is 23.4 Å². The summed E-state index contributed by atoms with van der Waals surface area (Å²) in [7, 11) is 4.07. The van der Waals surface area contributed by atoms with E-state index in [1.54, 1.807) is 6.07 Å². The highest BCUT2D eigenvalue weighted by Crippen LogP contribution is 2.41. The number of rotatable bonds is 11. The van der Waals surface area contributed by atoms with Gasteiger partial charge in [0.05, 0.1) is 11.7 Å². The van der Waals surface area contributed by atoms with Gasteiger partial charge < -0.3 is 14.7 Å². The highest BCUT2D eigenvalue weighted by Gasteiger charge is 2.34. The van der Waals surface area contributed by atoms with Crippen molar-refractivity contribution < 1.29 is 19.0 Å². The molecule has 0 aromatic heterocycles. The minimum absolute atomic E-state index is 0.0794. The van der Waals surface area contributed by atoms with Crippen molar-refractivity contribution in [1.82, 2.24) is 9.80 Å². The fraction of sp³-hybridized carbons (Fsp3) is 0.629. The van der Waals surface area contributed by atoms with Gasteiger partial charge in [-0.15, -0.1) is 0 Å². The molecule has 0 spiro atoms. The molecule has 1 N–H and O–H groups in total. The van der Waals surface area contributed by atoms with Crippen LogP contribution in [0.15, 0.2) is 36.4 Å². The molecule has 42 heavy (non-hydrogen) atoms. The summed E-state index contributed by atoms with van der Waals surface area (Å²) in [5, 5.41) is 11.0. The van der Waals surface area contributed by atoms with Gasteiger partial charge in [0.25, 0.3) is 0 Å². The maximum absolute atomic E-state index is 14.4. The van der Waals surface area contributed by atoms with Gasteiger partial charge in [0, 0.05) is 11.1 Å². The molecule has 5 nitrogen and oxygen atoms in total. The fourth-order valence-electron chi connectivity index (χ4n) is 7.35. The molecule has 2 fully saturated rings. The molecule has 2 aromatic carbocycles. The van der Waals surface area contributed by atoms with Crippen LogP contribution in [-0.2, 0) is 9.53 Å². The number of nitrogens with zero attached hydrogens (tertiary/aromatic N) is 2. The number of hydrogen-bond donors (Lipinski definition) is 1. The molecule has 3 atom stereocenters. The average Bonchev–Trinajstić information content (AvgIpc) is 3.30. The molecule has 0 radical (unpaired) electrons. The van der Waals surface area contributed by atoms with E-state index >= 15 is 0 Å². The highest BCUT2D eigenvalue weighted by molar-refractivity contribution is 6.30. The number of likely N-dealkylation sites (tertiary alicyclic amines) is 1. The number of halogens is 2. The van der Waals surface area contributed by atoms with Gasteiger partial charge in [0.15, 0.2) is 0 Å². The van der Waals surface area contributed by atoms with Crippen LogP contribution >= 0.6 is 11.6 Å². The second-order valence-electron chi connectivity index (χ2n) is 13.7. The lowest BCUT2D eigenvalue weighted by Crippen LogP contribution is -2.35. The van der Waals surface area contributed by atoms with Crippen molar-refractivity contribution in [2.75, 3.05) is 27.2 Å². The predicted molar refractivity (Wildman–Crippen MR) is 169 cm³/mol. The monoisotopic (exact) mass is 600 g/mol. The smallest absolute Gasteiger partial charge is 0.325 e. The quantitative estimate of drug-likeness (QED) is 0.281. The van der Waals surface area contributed by atoms with Crippen LogP contribution < -0.4 is 0 Å². The molecule has 0 amide bonds. The first kappa shape index (κ1) is 32.9. The van der Waals surface area contributed by atoms with E-state index in [0.29, 0.717) is 23.5 Å². The maximum atomic E-state index is 14.4. The van der Waals surface area contributed by atoms with Crippen LogP contribution in [0.2, 0.25) is 5.02 Å². The van der Waals surface area contributed by atoms with Crippen molar-refractivity contribution >= 4 is 17.6 Å². The molecule has 1 aliphatic carbocycles. The molecule has 232 valence electrons. The molecule has 0 unspecified atom stereocenters. The third-order valence-electron chi connectivity index (χ3n) is 9.34. The summed E-state index contributed by atoms with van der Waals surface area (Å²) in [5.41, 5.74) is 3.97. The number of carboxylic acids is 1. The van der Waals surface area contributed by atoms with Crippen LogP contribution in [0.3, 0.4) is 0 Å². The van der Waals surface area contributed by atoms with E-state index < -0.39 is 12.0 Å². The largest absolute Gasteiger partial charge is 0.480 e. The summed E-state index contributed by atoms with van der Waals surface area (Å²) in [5.74, 6) is -0.770. The number of aliphatic carboxylic acids is 1. The van der Waals surface area contributed by atoms with Crippen LogP contribution in [0, 0.1) is 12.7 Å². The van der Waals surface area contributed by atoms with Crippen molar-refractivity contribution in [2.45, 2.75) is 115 Å². The van der Waals surface area contributed by atoms with Crippen molar-refractivity contribution in [1.29, 1.82) is 0 Å². The van der Waals surface area contributed by atoms with Gasteiger partial charge >= 0.3 is 5.97 Å². The summed E-state index contributed by atoms with van der Waals surface area (Å²) in [4.78, 5) is 17.2. The summed E-state index contributed by atoms with van der Waals surface area (Å²) >= 11 is 6.27. The Kier molecular flexibility index (Phi) is 11.1. The van der Waals surface area contributed by atoms with E-state index in [9.17, 15) is 14.3 Å². The Morgan fingerprint density at radius 2 is 1.88 bits per heavy atom. The molecule has 0 bridgehead atoms. The van der Waals surface area contributed by atoms with Crippen molar-refractivity contribution in [3.8, 4) is 0 Å². The lowest BCUT2D eigenvalue weighted by molar-refractivity contribution is -0.143. The third-order valence-corrected chi connectivity index (χ3v) is 9.56. The van der Waals surface area contributed by atoms with Crippen LogP contribution in [-0.4, -0.2) is 65.8 Å². The molecule has 1 saturated carbocycles. The van der Waals surface area contributed by atoms with Crippen molar-refractivity contribution in [2.24, 2.45) is 0 Å². The Bertz CT molecular complexity index is 1190. The number of aryl methyl sites for hydroxylation is 1. The minimum atomic E-state index is -0.838. The molecule has 1 aliphatic heterocycles. The van der Waals surface area contributed by atoms with E-state index in [4.69, 9.17) is 16.3 Å². The number of benzene rings is 2. The molecule has 1 heterocycles. The number of ether oxygens (including phenoxy) is 1. The lowest BCUT2D eigenvalue weighted by Gasteiger charge is -2.36. The average molecular weight is 601 g/mol. The van der Waals surface area contributed by atoms with E-state index in [2.05, 4.69) is 45.7 Å². The van der Waals surface area contributed by atoms with Crippen LogP contribution in [0.25, 0.3) is 0 Å². The van der Waals surface area contributed by atoms with Gasteiger partial charge in [-0.2, -0.15) is 0 Å². The van der Waals surface area contributed by atoms with Gasteiger partial charge in [0.1, 0.15) is 11.9 Å². The van der Waals surface area contributed by atoms with E-state index in [1.807, 2.05) is 30.1 Å². The van der Waals surface area contributed by atoms with Gasteiger partial charge in [-0.25, -0.2) is 4.39 Å². The molecule has 2 aliphatic rings.